The van der Waals surface area contributed by atoms with Gasteiger partial charge in [-0.3, -0.25) is 4.79 Å². The highest BCUT2D eigenvalue weighted by Gasteiger charge is 2.42. The summed E-state index contributed by atoms with van der Waals surface area (Å²) in [6.07, 6.45) is 2.31. The third-order valence-corrected chi connectivity index (χ3v) is 6.68. The van der Waals surface area contributed by atoms with E-state index in [1.54, 1.807) is 37.1 Å². The van der Waals surface area contributed by atoms with Gasteiger partial charge in [-0.2, -0.15) is 9.97 Å². The summed E-state index contributed by atoms with van der Waals surface area (Å²) in [5.74, 6) is -0.194. The van der Waals surface area contributed by atoms with E-state index in [9.17, 15) is 15.0 Å². The quantitative estimate of drug-likeness (QED) is 0.298. The Balaban J connectivity index is 1.49. The number of benzene rings is 1. The third kappa shape index (κ3) is 4.21. The largest absolute Gasteiger partial charge is 0.391 e. The van der Waals surface area contributed by atoms with Crippen LogP contribution >= 0.6 is 0 Å². The minimum atomic E-state index is -1.39. The van der Waals surface area contributed by atoms with Crippen molar-refractivity contribution in [2.24, 2.45) is 0 Å². The van der Waals surface area contributed by atoms with Crippen molar-refractivity contribution in [2.75, 3.05) is 38.3 Å². The second-order valence-corrected chi connectivity index (χ2v) is 9.37. The molecule has 4 heterocycles. The zero-order valence-corrected chi connectivity index (χ0v) is 20.1. The number of aliphatic hydroxyl groups is 2. The van der Waals surface area contributed by atoms with E-state index in [1.165, 1.54) is 11.2 Å². The van der Waals surface area contributed by atoms with Crippen LogP contribution in [0.5, 0.6) is 0 Å². The van der Waals surface area contributed by atoms with Crippen LogP contribution in [-0.2, 0) is 11.3 Å². The van der Waals surface area contributed by atoms with Gasteiger partial charge in [-0.05, 0) is 25.1 Å². The van der Waals surface area contributed by atoms with E-state index >= 15 is 0 Å². The number of likely N-dealkylation sites (tertiary alicyclic amines) is 1. The van der Waals surface area contributed by atoms with Gasteiger partial charge in [0.2, 0.25) is 5.95 Å². The normalized spacial score (nSPS) is 22.8. The van der Waals surface area contributed by atoms with Crippen molar-refractivity contribution in [1.82, 2.24) is 34.0 Å². The van der Waals surface area contributed by atoms with Crippen LogP contribution in [0.25, 0.3) is 22.2 Å². The van der Waals surface area contributed by atoms with Gasteiger partial charge in [0.15, 0.2) is 11.5 Å². The minimum Gasteiger partial charge on any atom is -0.391 e. The molecule has 4 aromatic rings. The molecule has 3 atom stereocenters. The number of rotatable bonds is 5. The van der Waals surface area contributed by atoms with Crippen molar-refractivity contribution in [2.45, 2.75) is 37.6 Å². The smallest absolute Gasteiger partial charge is 0.254 e. The first-order chi connectivity index (χ1) is 17.2. The first-order valence-corrected chi connectivity index (χ1v) is 11.6. The predicted octanol–water partition coefficient (Wildman–Crippen LogP) is 0.186. The number of amides is 1. The van der Waals surface area contributed by atoms with Crippen LogP contribution in [0.4, 0.5) is 11.8 Å². The maximum absolute atomic E-state index is 13.6. The molecule has 0 radical (unpaired) electrons. The molecule has 13 heteroatoms. The summed E-state index contributed by atoms with van der Waals surface area (Å²) in [4.78, 5) is 32.1. The summed E-state index contributed by atoms with van der Waals surface area (Å²) >= 11 is 0. The number of hydrogen-bond donors (Lipinski definition) is 4. The van der Waals surface area contributed by atoms with Gasteiger partial charge in [0.1, 0.15) is 5.52 Å². The molecule has 0 bridgehead atoms. The first kappa shape index (κ1) is 23.9. The lowest BCUT2D eigenvalue weighted by molar-refractivity contribution is -0.0217. The van der Waals surface area contributed by atoms with E-state index in [2.05, 4.69) is 19.9 Å². The summed E-state index contributed by atoms with van der Waals surface area (Å²) in [5, 5.41) is 22.1. The Kier molecular flexibility index (Phi) is 5.98. The van der Waals surface area contributed by atoms with Gasteiger partial charge in [0.05, 0.1) is 48.0 Å². The molecule has 36 heavy (non-hydrogen) atoms. The fraction of sp³-hybridized carbons (Fsp3) is 0.435. The number of aliphatic hydroxyl groups excluding tert-OH is 1. The van der Waals surface area contributed by atoms with E-state index in [0.717, 1.165) is 5.52 Å². The van der Waals surface area contributed by atoms with Crippen molar-refractivity contribution >= 4 is 39.9 Å². The molecule has 6 N–H and O–H groups in total. The van der Waals surface area contributed by atoms with Crippen LogP contribution in [-0.4, -0.2) is 88.6 Å². The minimum absolute atomic E-state index is 0.0266. The van der Waals surface area contributed by atoms with Crippen LogP contribution in [0.15, 0.2) is 30.9 Å². The number of β-amino-alcohol motifs (C(OH)–C–C–N with tert-alkyl or cyclic N) is 1. The number of carbonyl (C=O) groups is 1. The molecule has 13 nitrogen and oxygen atoms in total. The van der Waals surface area contributed by atoms with Crippen LogP contribution in [0.3, 0.4) is 0 Å². The Morgan fingerprint density at radius 2 is 2.03 bits per heavy atom. The molecule has 0 saturated carbocycles. The Bertz CT molecular complexity index is 1430. The highest BCUT2D eigenvalue weighted by atomic mass is 16.5. The molecule has 1 aliphatic rings. The molecule has 0 unspecified atom stereocenters. The molecule has 5 rings (SSSR count). The number of ether oxygens (including phenoxy) is 1. The maximum atomic E-state index is 13.6. The van der Waals surface area contributed by atoms with Gasteiger partial charge in [-0.1, -0.05) is 0 Å². The molecule has 1 saturated heterocycles. The van der Waals surface area contributed by atoms with Crippen LogP contribution < -0.4 is 11.5 Å². The number of nitrogen functional groups attached to an aromatic ring is 2. The third-order valence-electron chi connectivity index (χ3n) is 6.68. The monoisotopic (exact) mass is 495 g/mol. The Morgan fingerprint density at radius 3 is 2.81 bits per heavy atom. The Labute approximate surface area is 206 Å². The summed E-state index contributed by atoms with van der Waals surface area (Å²) in [6, 6.07) is 4.63. The fourth-order valence-corrected chi connectivity index (χ4v) is 4.90. The molecule has 190 valence electrons. The van der Waals surface area contributed by atoms with E-state index in [-0.39, 0.29) is 37.2 Å². The topological polar surface area (TPSA) is 183 Å². The SMILES string of the molecule is COCCn1cnc2cc(C(=O)N3C[C@@H](O)C[C@@](C)(O)[C@H](n4cnc5c(N)nc(N)nc54)C3)ccc21. The molecule has 0 aliphatic carbocycles. The van der Waals surface area contributed by atoms with Crippen LogP contribution in [0.1, 0.15) is 29.7 Å². The predicted molar refractivity (Wildman–Crippen MR) is 132 cm³/mol. The van der Waals surface area contributed by atoms with Gasteiger partial charge in [0, 0.05) is 38.7 Å². The zero-order chi connectivity index (χ0) is 25.6. The molecule has 1 aromatic carbocycles. The van der Waals surface area contributed by atoms with Crippen LogP contribution in [0, 0.1) is 0 Å². The van der Waals surface area contributed by atoms with Gasteiger partial charge in [-0.15, -0.1) is 0 Å². The first-order valence-electron chi connectivity index (χ1n) is 11.6. The summed E-state index contributed by atoms with van der Waals surface area (Å²) in [5.41, 5.74) is 13.1. The van der Waals surface area contributed by atoms with E-state index in [0.29, 0.717) is 35.4 Å². The number of anilines is 2. The van der Waals surface area contributed by atoms with Gasteiger partial charge >= 0.3 is 0 Å². The average molecular weight is 496 g/mol. The fourth-order valence-electron chi connectivity index (χ4n) is 4.90. The summed E-state index contributed by atoms with van der Waals surface area (Å²) in [6.45, 7) is 2.96. The van der Waals surface area contributed by atoms with Crippen LogP contribution in [0.2, 0.25) is 0 Å². The zero-order valence-electron chi connectivity index (χ0n) is 20.1. The van der Waals surface area contributed by atoms with Crippen molar-refractivity contribution in [3.8, 4) is 0 Å². The number of aromatic nitrogens is 6. The number of fused-ring (bicyclic) bond motifs is 2. The molecule has 1 amide bonds. The highest BCUT2D eigenvalue weighted by Crippen LogP contribution is 2.34. The summed E-state index contributed by atoms with van der Waals surface area (Å²) in [7, 11) is 1.64. The van der Waals surface area contributed by atoms with Crippen molar-refractivity contribution < 1.29 is 19.7 Å². The molecular weight excluding hydrogens is 466 g/mol. The van der Waals surface area contributed by atoms with E-state index in [4.69, 9.17) is 16.2 Å². The molecule has 0 spiro atoms. The van der Waals surface area contributed by atoms with Crippen molar-refractivity contribution in [1.29, 1.82) is 0 Å². The average Bonchev–Trinajstić information content (AvgIpc) is 3.40. The second-order valence-electron chi connectivity index (χ2n) is 9.37. The number of nitrogens with zero attached hydrogens (tertiary/aromatic N) is 7. The molecular formula is C23H29N9O4. The molecule has 1 aliphatic heterocycles. The van der Waals surface area contributed by atoms with Gasteiger partial charge < -0.3 is 40.5 Å². The van der Waals surface area contributed by atoms with Gasteiger partial charge in [-0.25, -0.2) is 9.97 Å². The lowest BCUT2D eigenvalue weighted by Crippen LogP contribution is -2.42. The van der Waals surface area contributed by atoms with Crippen molar-refractivity contribution in [3.05, 3.63) is 36.4 Å². The molecule has 3 aromatic heterocycles. The lowest BCUT2D eigenvalue weighted by Gasteiger charge is -2.34. The van der Waals surface area contributed by atoms with Crippen molar-refractivity contribution in [3.63, 3.8) is 0 Å². The number of methoxy groups -OCH3 is 1. The van der Waals surface area contributed by atoms with Gasteiger partial charge in [0.25, 0.3) is 5.91 Å². The Hall–Kier alpha value is -3.81. The Morgan fingerprint density at radius 1 is 1.22 bits per heavy atom. The maximum Gasteiger partial charge on any atom is 0.254 e. The number of hydrogen-bond acceptors (Lipinski definition) is 10. The lowest BCUT2D eigenvalue weighted by atomic mass is 9.91. The molecule has 1 fully saturated rings. The number of carbonyl (C=O) groups excluding carboxylic acids is 1. The second kappa shape index (κ2) is 9.00. The number of imidazole rings is 2. The van der Waals surface area contributed by atoms with E-state index in [1.807, 2.05) is 10.6 Å². The highest BCUT2D eigenvalue weighted by molar-refractivity contribution is 5.97. The number of nitrogens with two attached hydrogens (primary N) is 2. The van der Waals surface area contributed by atoms with E-state index < -0.39 is 17.7 Å². The summed E-state index contributed by atoms with van der Waals surface area (Å²) < 4.78 is 8.74. The standard InChI is InChI=1S/C23H29N9O4/c1-23(35)8-14(33)9-31(10-17(23)32-12-27-18-19(24)28-22(25)29-20(18)32)21(34)13-3-4-16-15(7-13)26-11-30(16)5-6-36-2/h3-4,7,11-12,14,17,33,35H,5-6,8-10H2,1-2H3,(H4,24,25,28,29)/t14-,17+,23+/m0/s1.